The molecule has 8 N–H and O–H groups in total. The Kier molecular flexibility index (Phi) is 4.96. The van der Waals surface area contributed by atoms with Gasteiger partial charge in [0.1, 0.15) is 24.2 Å². The molecule has 0 spiro atoms. The van der Waals surface area contributed by atoms with Gasteiger partial charge in [-0.05, 0) is 31.3 Å². The second-order valence-corrected chi connectivity index (χ2v) is 5.64. The molecule has 0 aliphatic heterocycles. The highest BCUT2D eigenvalue weighted by atomic mass is 16.5. The maximum absolute atomic E-state index is 9.67. The fourth-order valence-electron chi connectivity index (χ4n) is 2.41. The molecule has 0 aliphatic rings. The third kappa shape index (κ3) is 3.71. The van der Waals surface area contributed by atoms with Crippen molar-refractivity contribution in [1.82, 2.24) is 25.3 Å². The highest BCUT2D eigenvalue weighted by Crippen LogP contribution is 2.27. The van der Waals surface area contributed by atoms with Crippen molar-refractivity contribution in [3.05, 3.63) is 24.3 Å². The van der Waals surface area contributed by atoms with E-state index < -0.39 is 6.10 Å². The molecule has 136 valence electrons. The number of ether oxygens (including phenoxy) is 1. The number of nitrogen functional groups attached to an aromatic ring is 3. The smallest absolute Gasteiger partial charge is 0.224 e. The van der Waals surface area contributed by atoms with Crippen molar-refractivity contribution >= 4 is 28.7 Å². The van der Waals surface area contributed by atoms with Crippen LogP contribution in [0.25, 0.3) is 22.4 Å². The van der Waals surface area contributed by atoms with Crippen molar-refractivity contribution in [3.63, 3.8) is 0 Å². The molecule has 1 unspecified atom stereocenters. The van der Waals surface area contributed by atoms with E-state index in [0.29, 0.717) is 23.5 Å². The largest absolute Gasteiger partial charge is 0.491 e. The Morgan fingerprint density at radius 1 is 1.04 bits per heavy atom. The summed E-state index contributed by atoms with van der Waals surface area (Å²) in [5.41, 5.74) is 19.2. The molecule has 3 rings (SSSR count). The van der Waals surface area contributed by atoms with Gasteiger partial charge >= 0.3 is 0 Å². The average molecular weight is 356 g/mol. The van der Waals surface area contributed by atoms with E-state index >= 15 is 0 Å². The molecule has 1 aromatic carbocycles. The first-order chi connectivity index (χ1) is 12.5. The van der Waals surface area contributed by atoms with Crippen LogP contribution in [0.4, 0.5) is 17.6 Å². The maximum Gasteiger partial charge on any atom is 0.224 e. The number of hydrogen-bond donors (Lipinski definition) is 5. The van der Waals surface area contributed by atoms with E-state index in [-0.39, 0.29) is 29.8 Å². The molecule has 26 heavy (non-hydrogen) atoms. The highest BCUT2D eigenvalue weighted by molar-refractivity contribution is 5.87. The van der Waals surface area contributed by atoms with Gasteiger partial charge in [0.15, 0.2) is 22.8 Å². The van der Waals surface area contributed by atoms with Gasteiger partial charge in [-0.2, -0.15) is 9.97 Å². The number of anilines is 3. The summed E-state index contributed by atoms with van der Waals surface area (Å²) in [6.07, 6.45) is -0.586. The van der Waals surface area contributed by atoms with Crippen LogP contribution in [0.15, 0.2) is 24.3 Å². The lowest BCUT2D eigenvalue weighted by Crippen LogP contribution is -2.29. The monoisotopic (exact) mass is 356 g/mol. The number of aromatic nitrogens is 4. The van der Waals surface area contributed by atoms with Crippen LogP contribution >= 0.6 is 0 Å². The van der Waals surface area contributed by atoms with E-state index in [2.05, 4.69) is 25.3 Å². The fraction of sp³-hybridized carbons (Fsp3) is 0.250. The topological polar surface area (TPSA) is 171 Å². The number of hydrogen-bond acceptors (Lipinski definition) is 10. The number of aliphatic hydroxyl groups excluding tert-OH is 1. The molecule has 0 amide bonds. The van der Waals surface area contributed by atoms with Gasteiger partial charge in [0.25, 0.3) is 0 Å². The van der Waals surface area contributed by atoms with Crippen LogP contribution in [-0.4, -0.2) is 51.3 Å². The van der Waals surface area contributed by atoms with Gasteiger partial charge in [0.2, 0.25) is 5.95 Å². The predicted molar refractivity (Wildman–Crippen MR) is 99.2 cm³/mol. The Morgan fingerprint density at radius 3 is 2.46 bits per heavy atom. The molecule has 2 heterocycles. The highest BCUT2D eigenvalue weighted by Gasteiger charge is 2.13. The second-order valence-electron chi connectivity index (χ2n) is 5.64. The molecule has 3 aromatic rings. The number of likely N-dealkylation sites (N-methyl/N-ethyl adjacent to an activating group) is 1. The fourth-order valence-corrected chi connectivity index (χ4v) is 2.41. The second kappa shape index (κ2) is 7.33. The van der Waals surface area contributed by atoms with Crippen LogP contribution in [0.5, 0.6) is 5.75 Å². The van der Waals surface area contributed by atoms with Crippen molar-refractivity contribution in [2.45, 2.75) is 6.10 Å². The van der Waals surface area contributed by atoms with Gasteiger partial charge < -0.3 is 32.4 Å². The molecular formula is C16H20N8O2. The van der Waals surface area contributed by atoms with Crippen molar-refractivity contribution in [2.24, 2.45) is 0 Å². The van der Waals surface area contributed by atoms with E-state index in [1.165, 1.54) is 0 Å². The van der Waals surface area contributed by atoms with Crippen molar-refractivity contribution in [3.8, 4) is 17.0 Å². The number of nitrogens with one attached hydrogen (secondary N) is 1. The minimum absolute atomic E-state index is 0.0124. The maximum atomic E-state index is 9.67. The first kappa shape index (κ1) is 17.6. The molecule has 10 heteroatoms. The minimum atomic E-state index is -0.586. The Bertz CT molecular complexity index is 916. The number of aliphatic hydroxyl groups is 1. The standard InChI is InChI=1S/C16H20N8O2/c1-20-6-9(25)7-26-10-4-2-8(3-5-10)11-13(17)22-15-12(21-11)14(18)23-16(19)24-15/h2-5,9,20,25H,6-7H2,1H3,(H6,17,18,19,22,23,24). The van der Waals surface area contributed by atoms with Crippen LogP contribution in [0.2, 0.25) is 0 Å². The van der Waals surface area contributed by atoms with Gasteiger partial charge in [0, 0.05) is 12.1 Å². The van der Waals surface area contributed by atoms with E-state index in [9.17, 15) is 5.11 Å². The van der Waals surface area contributed by atoms with Crippen LogP contribution in [0.1, 0.15) is 0 Å². The number of nitrogens with zero attached hydrogens (tertiary/aromatic N) is 4. The summed E-state index contributed by atoms with van der Waals surface area (Å²) in [6.45, 7) is 0.642. The average Bonchev–Trinajstić information content (AvgIpc) is 2.60. The van der Waals surface area contributed by atoms with E-state index in [1.807, 2.05) is 0 Å². The van der Waals surface area contributed by atoms with Crippen molar-refractivity contribution < 1.29 is 9.84 Å². The van der Waals surface area contributed by atoms with Crippen LogP contribution in [0.3, 0.4) is 0 Å². The third-order valence-corrected chi connectivity index (χ3v) is 3.61. The molecule has 0 radical (unpaired) electrons. The zero-order valence-electron chi connectivity index (χ0n) is 14.2. The normalized spacial score (nSPS) is 12.2. The minimum Gasteiger partial charge on any atom is -0.491 e. The number of nitrogens with two attached hydrogens (primary N) is 3. The molecule has 0 bridgehead atoms. The zero-order valence-corrected chi connectivity index (χ0v) is 14.2. The predicted octanol–water partition coefficient (Wildman–Crippen LogP) is -0.207. The molecule has 0 fully saturated rings. The quantitative estimate of drug-likeness (QED) is 0.398. The number of rotatable bonds is 6. The summed E-state index contributed by atoms with van der Waals surface area (Å²) in [5, 5.41) is 12.5. The van der Waals surface area contributed by atoms with Crippen LogP contribution in [-0.2, 0) is 0 Å². The lowest BCUT2D eigenvalue weighted by atomic mass is 10.1. The molecule has 0 aliphatic carbocycles. The summed E-state index contributed by atoms with van der Waals surface area (Å²) in [6, 6.07) is 7.10. The first-order valence-electron chi connectivity index (χ1n) is 7.90. The Labute approximate surface area is 149 Å². The molecule has 0 saturated heterocycles. The van der Waals surface area contributed by atoms with Crippen LogP contribution < -0.4 is 27.3 Å². The molecule has 2 aromatic heterocycles. The van der Waals surface area contributed by atoms with E-state index in [0.717, 1.165) is 5.56 Å². The van der Waals surface area contributed by atoms with Gasteiger partial charge in [-0.1, -0.05) is 0 Å². The summed E-state index contributed by atoms with van der Waals surface area (Å²) >= 11 is 0. The zero-order chi connectivity index (χ0) is 18.7. The SMILES string of the molecule is CNCC(O)COc1ccc(-c2nc3c(N)nc(N)nc3nc2N)cc1. The summed E-state index contributed by atoms with van der Waals surface area (Å²) in [7, 11) is 1.76. The molecule has 0 saturated carbocycles. The molecular weight excluding hydrogens is 336 g/mol. The number of fused-ring (bicyclic) bond motifs is 1. The van der Waals surface area contributed by atoms with Gasteiger partial charge in [-0.3, -0.25) is 0 Å². The van der Waals surface area contributed by atoms with Gasteiger partial charge in [0.05, 0.1) is 0 Å². The molecule has 1 atom stereocenters. The summed E-state index contributed by atoms with van der Waals surface area (Å²) < 4.78 is 5.53. The van der Waals surface area contributed by atoms with Gasteiger partial charge in [-0.15, -0.1) is 0 Å². The van der Waals surface area contributed by atoms with E-state index in [4.69, 9.17) is 21.9 Å². The molecule has 10 nitrogen and oxygen atoms in total. The van der Waals surface area contributed by atoms with Crippen molar-refractivity contribution in [2.75, 3.05) is 37.4 Å². The van der Waals surface area contributed by atoms with Crippen LogP contribution in [0, 0.1) is 0 Å². The lowest BCUT2D eigenvalue weighted by Gasteiger charge is -2.12. The third-order valence-electron chi connectivity index (χ3n) is 3.61. The Hall–Kier alpha value is -3.24. The van der Waals surface area contributed by atoms with Gasteiger partial charge in [-0.25, -0.2) is 9.97 Å². The number of benzene rings is 1. The summed E-state index contributed by atoms with van der Waals surface area (Å²) in [5.74, 6) is 0.970. The summed E-state index contributed by atoms with van der Waals surface area (Å²) in [4.78, 5) is 16.5. The Morgan fingerprint density at radius 2 is 1.77 bits per heavy atom. The van der Waals surface area contributed by atoms with E-state index in [1.54, 1.807) is 31.3 Å². The first-order valence-corrected chi connectivity index (χ1v) is 7.90. The lowest BCUT2D eigenvalue weighted by molar-refractivity contribution is 0.108. The Balaban J connectivity index is 1.86. The van der Waals surface area contributed by atoms with Crippen molar-refractivity contribution in [1.29, 1.82) is 0 Å².